The Morgan fingerprint density at radius 3 is 2.42 bits per heavy atom. The molecule has 0 fully saturated rings. The standard InChI is InChI=1S/C6H2Cl2F3N/c7-2-1-3(9)4(6(10)11)12-5(2)8/h1,6H. The monoisotopic (exact) mass is 215 g/mol. The molecule has 12 heavy (non-hydrogen) atoms. The topological polar surface area (TPSA) is 12.9 Å². The minimum atomic E-state index is -2.99. The average molecular weight is 216 g/mol. The van der Waals surface area contributed by atoms with E-state index in [0.717, 1.165) is 0 Å². The van der Waals surface area contributed by atoms with Gasteiger partial charge in [0.05, 0.1) is 5.02 Å². The molecule has 0 unspecified atom stereocenters. The van der Waals surface area contributed by atoms with Crippen LogP contribution in [0.1, 0.15) is 12.1 Å². The fourth-order valence-corrected chi connectivity index (χ4v) is 0.894. The molecule has 1 aromatic rings. The predicted molar refractivity (Wildman–Crippen MR) is 39.2 cm³/mol. The van der Waals surface area contributed by atoms with Gasteiger partial charge in [-0.05, 0) is 6.07 Å². The summed E-state index contributed by atoms with van der Waals surface area (Å²) < 4.78 is 36.5. The summed E-state index contributed by atoms with van der Waals surface area (Å²) in [5.74, 6) is -1.15. The van der Waals surface area contributed by atoms with Crippen molar-refractivity contribution in [1.29, 1.82) is 0 Å². The van der Waals surface area contributed by atoms with E-state index in [9.17, 15) is 13.2 Å². The quantitative estimate of drug-likeness (QED) is 0.655. The Morgan fingerprint density at radius 2 is 1.92 bits per heavy atom. The van der Waals surface area contributed by atoms with Gasteiger partial charge in [-0.1, -0.05) is 23.2 Å². The molecule has 1 aromatic heterocycles. The summed E-state index contributed by atoms with van der Waals surface area (Å²) in [5.41, 5.74) is -0.982. The lowest BCUT2D eigenvalue weighted by Crippen LogP contribution is -1.95. The molecule has 0 saturated carbocycles. The van der Waals surface area contributed by atoms with Crippen LogP contribution in [-0.4, -0.2) is 4.98 Å². The van der Waals surface area contributed by atoms with Crippen LogP contribution in [0.5, 0.6) is 0 Å². The first-order valence-corrected chi connectivity index (χ1v) is 3.57. The molecule has 0 aliphatic heterocycles. The van der Waals surface area contributed by atoms with Gasteiger partial charge in [-0.3, -0.25) is 0 Å². The van der Waals surface area contributed by atoms with Gasteiger partial charge < -0.3 is 0 Å². The zero-order valence-electron chi connectivity index (χ0n) is 5.49. The van der Waals surface area contributed by atoms with Crippen LogP contribution < -0.4 is 0 Å². The van der Waals surface area contributed by atoms with Crippen molar-refractivity contribution in [2.24, 2.45) is 0 Å². The van der Waals surface area contributed by atoms with Crippen molar-refractivity contribution >= 4 is 23.2 Å². The van der Waals surface area contributed by atoms with Crippen LogP contribution in [0.15, 0.2) is 6.07 Å². The number of nitrogens with zero attached hydrogens (tertiary/aromatic N) is 1. The average Bonchev–Trinajstić information content (AvgIpc) is 1.96. The third-order valence-corrected chi connectivity index (χ3v) is 1.79. The number of alkyl halides is 2. The van der Waals surface area contributed by atoms with E-state index in [4.69, 9.17) is 23.2 Å². The molecule has 0 N–H and O–H groups in total. The highest BCUT2D eigenvalue weighted by Gasteiger charge is 2.17. The van der Waals surface area contributed by atoms with Crippen LogP contribution in [0.3, 0.4) is 0 Å². The Morgan fingerprint density at radius 1 is 1.33 bits per heavy atom. The molecule has 0 aliphatic carbocycles. The molecule has 1 rings (SSSR count). The summed E-state index contributed by atoms with van der Waals surface area (Å²) in [6, 6.07) is 0.707. The largest absolute Gasteiger partial charge is 0.283 e. The van der Waals surface area contributed by atoms with Gasteiger partial charge in [0.1, 0.15) is 10.8 Å². The van der Waals surface area contributed by atoms with Crippen LogP contribution in [0.25, 0.3) is 0 Å². The maximum absolute atomic E-state index is 12.6. The van der Waals surface area contributed by atoms with E-state index in [-0.39, 0.29) is 10.2 Å². The second kappa shape index (κ2) is 3.49. The van der Waals surface area contributed by atoms with Gasteiger partial charge in [-0.2, -0.15) is 0 Å². The van der Waals surface area contributed by atoms with E-state index in [1.54, 1.807) is 0 Å². The van der Waals surface area contributed by atoms with E-state index in [1.165, 1.54) is 0 Å². The maximum atomic E-state index is 12.6. The van der Waals surface area contributed by atoms with Crippen LogP contribution in [0.2, 0.25) is 10.2 Å². The van der Waals surface area contributed by atoms with Crippen molar-refractivity contribution in [1.82, 2.24) is 4.98 Å². The number of halogens is 5. The smallest absolute Gasteiger partial charge is 0.230 e. The van der Waals surface area contributed by atoms with Crippen LogP contribution >= 0.6 is 23.2 Å². The summed E-state index contributed by atoms with van der Waals surface area (Å²) in [7, 11) is 0. The Bertz CT molecular complexity index is 303. The van der Waals surface area contributed by atoms with Gasteiger partial charge in [0.2, 0.25) is 0 Å². The zero-order chi connectivity index (χ0) is 9.30. The molecule has 1 heterocycles. The molecule has 66 valence electrons. The molecule has 0 atom stereocenters. The van der Waals surface area contributed by atoms with E-state index >= 15 is 0 Å². The second-order valence-electron chi connectivity index (χ2n) is 1.93. The highest BCUT2D eigenvalue weighted by atomic mass is 35.5. The number of hydrogen-bond donors (Lipinski definition) is 0. The molecule has 1 nitrogen and oxygen atoms in total. The van der Waals surface area contributed by atoms with Crippen LogP contribution in [-0.2, 0) is 0 Å². The Balaban J connectivity index is 3.23. The van der Waals surface area contributed by atoms with Gasteiger partial charge in [-0.15, -0.1) is 0 Å². The number of rotatable bonds is 1. The molecular formula is C6H2Cl2F3N. The fraction of sp³-hybridized carbons (Fsp3) is 0.167. The summed E-state index contributed by atoms with van der Waals surface area (Å²) in [5, 5.41) is -0.507. The molecule has 0 aliphatic rings. The van der Waals surface area contributed by atoms with Gasteiger partial charge in [0.25, 0.3) is 6.43 Å². The normalized spacial score (nSPS) is 10.8. The van der Waals surface area contributed by atoms with E-state index < -0.39 is 17.9 Å². The number of pyridine rings is 1. The van der Waals surface area contributed by atoms with Crippen molar-refractivity contribution in [3.63, 3.8) is 0 Å². The minimum absolute atomic E-state index is 0.182. The van der Waals surface area contributed by atoms with Crippen molar-refractivity contribution < 1.29 is 13.2 Å². The predicted octanol–water partition coefficient (Wildman–Crippen LogP) is 3.47. The van der Waals surface area contributed by atoms with E-state index in [2.05, 4.69) is 4.98 Å². The Hall–Kier alpha value is -0.480. The Labute approximate surface area is 76.1 Å². The molecule has 0 amide bonds. The zero-order valence-corrected chi connectivity index (χ0v) is 7.00. The summed E-state index contributed by atoms with van der Waals surface area (Å²) in [4.78, 5) is 3.08. The van der Waals surface area contributed by atoms with Crippen molar-refractivity contribution in [3.05, 3.63) is 27.8 Å². The third kappa shape index (κ3) is 1.81. The van der Waals surface area contributed by atoms with E-state index in [0.29, 0.717) is 6.07 Å². The summed E-state index contributed by atoms with van der Waals surface area (Å²) in [6.07, 6.45) is -2.99. The summed E-state index contributed by atoms with van der Waals surface area (Å²) >= 11 is 10.6. The number of hydrogen-bond acceptors (Lipinski definition) is 1. The van der Waals surface area contributed by atoms with Gasteiger partial charge in [0, 0.05) is 0 Å². The van der Waals surface area contributed by atoms with Gasteiger partial charge >= 0.3 is 0 Å². The first-order valence-electron chi connectivity index (χ1n) is 2.82. The van der Waals surface area contributed by atoms with Gasteiger partial charge in [0.15, 0.2) is 5.82 Å². The molecule has 0 saturated heterocycles. The lowest BCUT2D eigenvalue weighted by atomic mass is 10.3. The number of aromatic nitrogens is 1. The molecule has 0 aromatic carbocycles. The molecular weight excluding hydrogens is 214 g/mol. The maximum Gasteiger partial charge on any atom is 0.283 e. The highest BCUT2D eigenvalue weighted by molar-refractivity contribution is 6.41. The fourth-order valence-electron chi connectivity index (χ4n) is 0.610. The van der Waals surface area contributed by atoms with Crippen molar-refractivity contribution in [3.8, 4) is 0 Å². The first kappa shape index (κ1) is 9.61. The minimum Gasteiger partial charge on any atom is -0.230 e. The van der Waals surface area contributed by atoms with Crippen molar-refractivity contribution in [2.45, 2.75) is 6.43 Å². The second-order valence-corrected chi connectivity index (χ2v) is 2.69. The van der Waals surface area contributed by atoms with E-state index in [1.807, 2.05) is 0 Å². The first-order chi connectivity index (χ1) is 5.52. The third-order valence-electron chi connectivity index (χ3n) is 1.12. The molecule has 0 bridgehead atoms. The SMILES string of the molecule is Fc1cc(Cl)c(Cl)nc1C(F)F. The lowest BCUT2D eigenvalue weighted by Gasteiger charge is -2.01. The Kier molecular flexibility index (Phi) is 2.80. The highest BCUT2D eigenvalue weighted by Crippen LogP contribution is 2.26. The lowest BCUT2D eigenvalue weighted by molar-refractivity contribution is 0.140. The van der Waals surface area contributed by atoms with Crippen LogP contribution in [0, 0.1) is 5.82 Å². The van der Waals surface area contributed by atoms with Crippen LogP contribution in [0.4, 0.5) is 13.2 Å². The van der Waals surface area contributed by atoms with Gasteiger partial charge in [-0.25, -0.2) is 18.2 Å². The molecule has 0 radical (unpaired) electrons. The molecule has 0 spiro atoms. The van der Waals surface area contributed by atoms with Crippen molar-refractivity contribution in [2.75, 3.05) is 0 Å². The summed E-state index contributed by atoms with van der Waals surface area (Å²) in [6.45, 7) is 0. The molecule has 6 heteroatoms.